The van der Waals surface area contributed by atoms with E-state index in [2.05, 4.69) is 24.5 Å². The van der Waals surface area contributed by atoms with Gasteiger partial charge in [-0.1, -0.05) is 13.2 Å². The number of hydrogen-bond acceptors (Lipinski definition) is 15. The minimum Gasteiger partial charge on any atom is -0.458 e. The van der Waals surface area contributed by atoms with Gasteiger partial charge < -0.3 is 28.4 Å². The largest absolute Gasteiger partial charge is 0.458 e. The van der Waals surface area contributed by atoms with Gasteiger partial charge in [-0.3, -0.25) is 24.5 Å². The number of imide groups is 1. The molecule has 2 amide bonds. The lowest BCUT2D eigenvalue weighted by molar-refractivity contribution is -0.169. The van der Waals surface area contributed by atoms with Gasteiger partial charge in [-0.25, -0.2) is 19.2 Å². The summed E-state index contributed by atoms with van der Waals surface area (Å²) in [6, 6.07) is 2.08. The fourth-order valence-electron chi connectivity index (χ4n) is 7.92. The SMILES string of the molecule is C=C(C)C(=O)OCC(=O)OC1C2CC3C1OC(=O)C3(C#N)C2.C=C(C)C(=O)OCC(=O)OC1C2CC3C1OC(=O)C3C2C(=O)NC(C)=O. The fraction of sp³-hybridized carbons (Fsp3) is 0.594. The molecule has 256 valence electrons. The summed E-state index contributed by atoms with van der Waals surface area (Å²) in [5, 5.41) is 11.5. The molecule has 6 rings (SSSR count). The zero-order valence-electron chi connectivity index (χ0n) is 26.4. The molecule has 1 N–H and O–H groups in total. The summed E-state index contributed by atoms with van der Waals surface area (Å²) in [6.07, 6.45) is -1.07. The molecule has 0 aromatic rings. The third-order valence-electron chi connectivity index (χ3n) is 9.79. The van der Waals surface area contributed by atoms with E-state index in [1.807, 2.05) is 0 Å². The van der Waals surface area contributed by atoms with Crippen molar-refractivity contribution in [2.75, 3.05) is 13.2 Å². The number of nitriles is 1. The Labute approximate surface area is 274 Å². The lowest BCUT2D eigenvalue weighted by atomic mass is 9.75. The van der Waals surface area contributed by atoms with Crippen molar-refractivity contribution in [2.24, 2.45) is 40.9 Å². The topological polar surface area (TPSA) is 228 Å². The van der Waals surface area contributed by atoms with Gasteiger partial charge in [0.2, 0.25) is 11.8 Å². The molecule has 16 nitrogen and oxygen atoms in total. The van der Waals surface area contributed by atoms with Crippen LogP contribution in [0.2, 0.25) is 0 Å². The molecular formula is C32H34N2O14. The van der Waals surface area contributed by atoms with E-state index in [0.717, 1.165) is 0 Å². The first-order chi connectivity index (χ1) is 22.6. The number of amides is 2. The van der Waals surface area contributed by atoms with Crippen LogP contribution < -0.4 is 5.32 Å². The fourth-order valence-corrected chi connectivity index (χ4v) is 7.92. The van der Waals surface area contributed by atoms with Gasteiger partial charge in [-0.2, -0.15) is 5.26 Å². The van der Waals surface area contributed by atoms with Crippen molar-refractivity contribution >= 4 is 47.6 Å². The number of nitrogens with one attached hydrogen (secondary N) is 1. The van der Waals surface area contributed by atoms with Gasteiger partial charge in [0.1, 0.15) is 24.4 Å². The molecule has 6 fully saturated rings. The smallest absolute Gasteiger partial charge is 0.344 e. The molecule has 2 heterocycles. The second kappa shape index (κ2) is 12.9. The molecule has 11 atom stereocenters. The molecule has 4 aliphatic carbocycles. The maximum atomic E-state index is 12.3. The van der Waals surface area contributed by atoms with E-state index < -0.39 is 108 Å². The van der Waals surface area contributed by atoms with Gasteiger partial charge in [0.25, 0.3) is 0 Å². The van der Waals surface area contributed by atoms with Crippen LogP contribution in [-0.4, -0.2) is 85.3 Å². The number of hydrogen-bond donors (Lipinski definition) is 1. The number of carbonyl (C=O) groups excluding carboxylic acids is 8. The van der Waals surface area contributed by atoms with E-state index in [1.165, 1.54) is 20.8 Å². The zero-order chi connectivity index (χ0) is 35.2. The number of carbonyl (C=O) groups is 8. The van der Waals surface area contributed by atoms with Crippen LogP contribution in [0.25, 0.3) is 0 Å². The lowest BCUT2D eigenvalue weighted by Crippen LogP contribution is -2.47. The Balaban J connectivity index is 0.000000190. The Morgan fingerprint density at radius 1 is 0.875 bits per heavy atom. The molecule has 0 spiro atoms. The van der Waals surface area contributed by atoms with E-state index in [1.54, 1.807) is 0 Å². The Kier molecular flexibility index (Phi) is 9.18. The number of ether oxygens (including phenoxy) is 6. The average molecular weight is 671 g/mol. The molecular weight excluding hydrogens is 636 g/mol. The van der Waals surface area contributed by atoms with Gasteiger partial charge in [0, 0.05) is 41.7 Å². The van der Waals surface area contributed by atoms with E-state index in [9.17, 15) is 43.6 Å². The molecule has 11 unspecified atom stereocenters. The highest BCUT2D eigenvalue weighted by Crippen LogP contribution is 2.62. The minimum absolute atomic E-state index is 0.0677. The summed E-state index contributed by atoms with van der Waals surface area (Å²) in [5.74, 6) is -7.37. The molecule has 4 saturated carbocycles. The molecule has 0 radical (unpaired) electrons. The van der Waals surface area contributed by atoms with Crippen LogP contribution in [0.15, 0.2) is 24.3 Å². The number of rotatable bonds is 9. The maximum Gasteiger partial charge on any atom is 0.344 e. The highest BCUT2D eigenvalue weighted by molar-refractivity contribution is 5.98. The number of esters is 6. The molecule has 6 aliphatic rings. The van der Waals surface area contributed by atoms with E-state index in [-0.39, 0.29) is 28.9 Å². The average Bonchev–Trinajstić information content (AvgIpc) is 3.82. The normalized spacial score (nSPS) is 35.2. The highest BCUT2D eigenvalue weighted by atomic mass is 16.6. The quantitative estimate of drug-likeness (QED) is 0.193. The Morgan fingerprint density at radius 3 is 2.00 bits per heavy atom. The lowest BCUT2D eigenvalue weighted by Gasteiger charge is -2.30. The number of fused-ring (bicyclic) bond motifs is 2. The maximum absolute atomic E-state index is 12.3. The van der Waals surface area contributed by atoms with Crippen molar-refractivity contribution in [1.29, 1.82) is 5.26 Å². The van der Waals surface area contributed by atoms with Gasteiger partial charge >= 0.3 is 35.8 Å². The Hall–Kier alpha value is -5.07. The van der Waals surface area contributed by atoms with Crippen molar-refractivity contribution in [2.45, 2.75) is 64.4 Å². The summed E-state index contributed by atoms with van der Waals surface area (Å²) in [4.78, 5) is 93.9. The molecule has 0 aromatic carbocycles. The minimum atomic E-state index is -1.06. The predicted octanol–water partition coefficient (Wildman–Crippen LogP) is -0.0196. The van der Waals surface area contributed by atoms with Crippen LogP contribution >= 0.6 is 0 Å². The van der Waals surface area contributed by atoms with Crippen molar-refractivity contribution in [1.82, 2.24) is 5.32 Å². The summed E-state index contributed by atoms with van der Waals surface area (Å²) >= 11 is 0. The first kappa shape index (κ1) is 34.3. The molecule has 4 bridgehead atoms. The predicted molar refractivity (Wildman–Crippen MR) is 153 cm³/mol. The van der Waals surface area contributed by atoms with Crippen LogP contribution in [0.3, 0.4) is 0 Å². The molecule has 0 aromatic heterocycles. The standard InChI is InChI=1S/C17H19NO8.C15H15NO6/c1-6(2)16(22)24-5-10(20)25-13-8-4-9-12(17(23)26-14(9)13)11(8)15(21)18-7(3)19;1-7(2)13(18)20-5-10(17)21-11-8-3-9-12(11)22-14(19)15(9,4-8)6-16/h8-9,11-14H,1,4-5H2,2-3H3,(H,18,19,21);8-9,11-12H,1,3-5H2,2H3. The Bertz CT molecular complexity index is 1560. The summed E-state index contributed by atoms with van der Waals surface area (Å²) < 4.78 is 30.7. The number of nitrogens with zero attached hydrogens (tertiary/aromatic N) is 1. The highest BCUT2D eigenvalue weighted by Gasteiger charge is 2.72. The van der Waals surface area contributed by atoms with E-state index in [4.69, 9.17) is 28.4 Å². The first-order valence-electron chi connectivity index (χ1n) is 15.3. The van der Waals surface area contributed by atoms with Gasteiger partial charge in [-0.15, -0.1) is 0 Å². The van der Waals surface area contributed by atoms with Crippen LogP contribution in [0.1, 0.15) is 40.0 Å². The third-order valence-corrected chi connectivity index (χ3v) is 9.79. The van der Waals surface area contributed by atoms with E-state index >= 15 is 0 Å². The molecule has 48 heavy (non-hydrogen) atoms. The molecule has 2 saturated heterocycles. The van der Waals surface area contributed by atoms with Gasteiger partial charge in [-0.05, 0) is 33.1 Å². The van der Waals surface area contributed by atoms with Gasteiger partial charge in [0.15, 0.2) is 18.6 Å². The third kappa shape index (κ3) is 5.93. The van der Waals surface area contributed by atoms with Crippen molar-refractivity contribution in [3.05, 3.63) is 24.3 Å². The molecule has 2 aliphatic heterocycles. The van der Waals surface area contributed by atoms with E-state index in [0.29, 0.717) is 19.3 Å². The van der Waals surface area contributed by atoms with Gasteiger partial charge in [0.05, 0.1) is 17.9 Å². The van der Waals surface area contributed by atoms with Crippen molar-refractivity contribution in [3.63, 3.8) is 0 Å². The van der Waals surface area contributed by atoms with Crippen LogP contribution in [0.4, 0.5) is 0 Å². The monoisotopic (exact) mass is 670 g/mol. The Morgan fingerprint density at radius 2 is 1.46 bits per heavy atom. The summed E-state index contributed by atoms with van der Waals surface area (Å²) in [6.45, 7) is 9.82. The van der Waals surface area contributed by atoms with Crippen LogP contribution in [0.5, 0.6) is 0 Å². The van der Waals surface area contributed by atoms with Crippen LogP contribution in [-0.2, 0) is 66.8 Å². The second-order valence-corrected chi connectivity index (χ2v) is 12.9. The van der Waals surface area contributed by atoms with Crippen molar-refractivity contribution < 1.29 is 66.8 Å². The van der Waals surface area contributed by atoms with Crippen LogP contribution in [0, 0.1) is 52.3 Å². The molecule has 16 heteroatoms. The second-order valence-electron chi connectivity index (χ2n) is 12.9. The summed E-state index contributed by atoms with van der Waals surface area (Å²) in [7, 11) is 0. The summed E-state index contributed by atoms with van der Waals surface area (Å²) in [5.41, 5.74) is -0.729. The first-order valence-corrected chi connectivity index (χ1v) is 15.3. The zero-order valence-corrected chi connectivity index (χ0v) is 26.4. The van der Waals surface area contributed by atoms with Crippen molar-refractivity contribution in [3.8, 4) is 6.07 Å².